The predicted octanol–water partition coefficient (Wildman–Crippen LogP) is 4.36. The molecule has 0 unspecified atom stereocenters. The number of fused-ring (bicyclic) bond motifs is 1. The molecule has 7 nitrogen and oxygen atoms in total. The molecule has 0 radical (unpaired) electrons. The topological polar surface area (TPSA) is 112 Å². The largest absolute Gasteiger partial charge is 0.359 e. The van der Waals surface area contributed by atoms with Crippen molar-refractivity contribution >= 4 is 23.2 Å². The summed E-state index contributed by atoms with van der Waals surface area (Å²) in [6.45, 7) is 4.73. The third-order valence-electron chi connectivity index (χ3n) is 6.89. The Balaban J connectivity index is 1.57. The van der Waals surface area contributed by atoms with E-state index in [1.54, 1.807) is 12.3 Å². The van der Waals surface area contributed by atoms with Crippen molar-refractivity contribution in [2.24, 2.45) is 11.7 Å². The number of H-pyrrole nitrogens is 1. The number of rotatable bonds is 4. The van der Waals surface area contributed by atoms with Gasteiger partial charge < -0.3 is 15.6 Å². The van der Waals surface area contributed by atoms with Crippen molar-refractivity contribution < 1.29 is 4.79 Å². The molecular weight excluding hydrogens is 424 g/mol. The molecule has 0 spiro atoms. The smallest absolute Gasteiger partial charge is 0.259 e. The fraction of sp³-hybridized carbons (Fsp3) is 0.333. The Morgan fingerprint density at radius 2 is 2.00 bits per heavy atom. The van der Waals surface area contributed by atoms with E-state index in [9.17, 15) is 10.1 Å². The van der Waals surface area contributed by atoms with Crippen LogP contribution in [0.3, 0.4) is 0 Å². The van der Waals surface area contributed by atoms with E-state index in [4.69, 9.17) is 5.73 Å². The van der Waals surface area contributed by atoms with E-state index in [-0.39, 0.29) is 11.9 Å². The minimum absolute atomic E-state index is 0.0142. The van der Waals surface area contributed by atoms with Crippen LogP contribution in [0.1, 0.15) is 53.9 Å². The molecule has 3 N–H and O–H groups in total. The third-order valence-corrected chi connectivity index (χ3v) is 6.89. The average molecular weight is 453 g/mol. The lowest BCUT2D eigenvalue weighted by Crippen LogP contribution is -2.36. The van der Waals surface area contributed by atoms with E-state index >= 15 is 0 Å². The zero-order valence-electron chi connectivity index (χ0n) is 19.5. The molecule has 3 heterocycles. The van der Waals surface area contributed by atoms with E-state index in [1.807, 2.05) is 43.0 Å². The lowest BCUT2D eigenvalue weighted by molar-refractivity contribution is -0.113. The van der Waals surface area contributed by atoms with Gasteiger partial charge in [-0.3, -0.25) is 4.79 Å². The Morgan fingerprint density at radius 1 is 1.21 bits per heavy atom. The van der Waals surface area contributed by atoms with Gasteiger partial charge in [-0.25, -0.2) is 9.97 Å². The van der Waals surface area contributed by atoms with Crippen LogP contribution in [0.5, 0.6) is 0 Å². The van der Waals surface area contributed by atoms with Gasteiger partial charge in [0.25, 0.3) is 5.91 Å². The van der Waals surface area contributed by atoms with Gasteiger partial charge in [-0.05, 0) is 75.3 Å². The van der Waals surface area contributed by atoms with Crippen LogP contribution >= 0.6 is 0 Å². The molecular formula is C27H28N6O. The first kappa shape index (κ1) is 22.1. The maximum atomic E-state index is 13.7. The number of amides is 1. The number of benzene rings is 1. The summed E-state index contributed by atoms with van der Waals surface area (Å²) in [6, 6.07) is 11.9. The van der Waals surface area contributed by atoms with Crippen LogP contribution in [0.2, 0.25) is 0 Å². The Hall–Kier alpha value is -3.76. The molecule has 0 bridgehead atoms. The van der Waals surface area contributed by atoms with Gasteiger partial charge in [0.1, 0.15) is 11.8 Å². The monoisotopic (exact) mass is 452 g/mol. The first-order chi connectivity index (χ1) is 16.4. The number of aryl methyl sites for hydroxylation is 2. The summed E-state index contributed by atoms with van der Waals surface area (Å²) in [5, 5.41) is 9.23. The van der Waals surface area contributed by atoms with Crippen LogP contribution in [0.4, 0.5) is 5.69 Å². The van der Waals surface area contributed by atoms with Crippen molar-refractivity contribution in [3.05, 3.63) is 64.7 Å². The number of anilines is 1. The second kappa shape index (κ2) is 8.88. The standard InChI is InChI=1S/C27H28N6O/c1-16-11-17(2)31-24(16)13-23-22-8-5-19(26-30-10-9-21(14-28)32-26)12-25(22)33(27(23)34)15-18-3-6-20(29)7-4-18/h5,8-13,18,20,31H,3-4,6-7,15,29H2,1-2H3/b23-13-. The van der Waals surface area contributed by atoms with Crippen molar-refractivity contribution in [3.63, 3.8) is 0 Å². The fourth-order valence-electron chi connectivity index (χ4n) is 5.05. The Bertz CT molecular complexity index is 1320. The quantitative estimate of drug-likeness (QED) is 0.571. The lowest BCUT2D eigenvalue weighted by Gasteiger charge is -2.30. The number of hydrogen-bond donors (Lipinski definition) is 2. The molecule has 2 aliphatic rings. The highest BCUT2D eigenvalue weighted by atomic mass is 16.2. The van der Waals surface area contributed by atoms with Crippen molar-refractivity contribution in [2.45, 2.75) is 45.6 Å². The molecule has 172 valence electrons. The highest BCUT2D eigenvalue weighted by Gasteiger charge is 2.35. The first-order valence-electron chi connectivity index (χ1n) is 11.8. The summed E-state index contributed by atoms with van der Waals surface area (Å²) in [4.78, 5) is 27.7. The molecule has 5 rings (SSSR count). The van der Waals surface area contributed by atoms with Gasteiger partial charge in [0, 0.05) is 41.3 Å². The van der Waals surface area contributed by atoms with Crippen molar-refractivity contribution in [3.8, 4) is 17.5 Å². The van der Waals surface area contributed by atoms with Gasteiger partial charge in [-0.2, -0.15) is 5.26 Å². The predicted molar refractivity (Wildman–Crippen MR) is 133 cm³/mol. The molecule has 2 aromatic heterocycles. The molecule has 34 heavy (non-hydrogen) atoms. The van der Waals surface area contributed by atoms with E-state index in [0.29, 0.717) is 29.6 Å². The maximum Gasteiger partial charge on any atom is 0.259 e. The summed E-state index contributed by atoms with van der Waals surface area (Å²) in [5.74, 6) is 0.916. The number of nitriles is 1. The molecule has 3 aromatic rings. The summed E-state index contributed by atoms with van der Waals surface area (Å²) >= 11 is 0. The van der Waals surface area contributed by atoms with E-state index < -0.39 is 0 Å². The lowest BCUT2D eigenvalue weighted by atomic mass is 9.86. The van der Waals surface area contributed by atoms with Gasteiger partial charge in [0.05, 0.1) is 11.3 Å². The normalized spacial score (nSPS) is 21.1. The number of aromatic amines is 1. The Morgan fingerprint density at radius 3 is 2.71 bits per heavy atom. The minimum Gasteiger partial charge on any atom is -0.359 e. The first-order valence-corrected chi connectivity index (χ1v) is 11.8. The summed E-state index contributed by atoms with van der Waals surface area (Å²) in [7, 11) is 0. The van der Waals surface area contributed by atoms with Crippen LogP contribution in [-0.2, 0) is 4.79 Å². The van der Waals surface area contributed by atoms with E-state index in [0.717, 1.165) is 59.4 Å². The Labute approximate surface area is 199 Å². The SMILES string of the molecule is Cc1cc(C)c(/C=C2\C(=O)N(CC3CCC(N)CC3)c3cc(-c4nccc(C#N)n4)ccc32)[nH]1. The van der Waals surface area contributed by atoms with Crippen molar-refractivity contribution in [2.75, 3.05) is 11.4 Å². The van der Waals surface area contributed by atoms with E-state index in [2.05, 4.69) is 27.1 Å². The van der Waals surface area contributed by atoms with Gasteiger partial charge in [0.15, 0.2) is 5.82 Å². The number of carbonyl (C=O) groups excluding carboxylic acids is 1. The molecule has 1 fully saturated rings. The molecule has 7 heteroatoms. The number of aromatic nitrogens is 3. The molecule has 1 amide bonds. The minimum atomic E-state index is 0.0142. The fourth-order valence-corrected chi connectivity index (χ4v) is 5.05. The molecule has 1 aromatic carbocycles. The number of nitrogens with zero attached hydrogens (tertiary/aromatic N) is 4. The van der Waals surface area contributed by atoms with Gasteiger partial charge in [-0.15, -0.1) is 0 Å². The summed E-state index contributed by atoms with van der Waals surface area (Å²) < 4.78 is 0. The summed E-state index contributed by atoms with van der Waals surface area (Å²) in [6.07, 6.45) is 7.61. The van der Waals surface area contributed by atoms with Crippen LogP contribution < -0.4 is 10.6 Å². The second-order valence-corrected chi connectivity index (χ2v) is 9.41. The summed E-state index contributed by atoms with van der Waals surface area (Å²) in [5.41, 5.74) is 12.8. The zero-order valence-corrected chi connectivity index (χ0v) is 19.5. The molecule has 0 saturated heterocycles. The van der Waals surface area contributed by atoms with Gasteiger partial charge in [0.2, 0.25) is 0 Å². The molecule has 1 aliphatic heterocycles. The van der Waals surface area contributed by atoms with Crippen LogP contribution in [0.15, 0.2) is 36.5 Å². The van der Waals surface area contributed by atoms with Gasteiger partial charge in [-0.1, -0.05) is 12.1 Å². The van der Waals surface area contributed by atoms with Crippen LogP contribution in [0, 0.1) is 31.1 Å². The van der Waals surface area contributed by atoms with Crippen molar-refractivity contribution in [1.82, 2.24) is 15.0 Å². The number of nitrogens with one attached hydrogen (secondary N) is 1. The molecule has 1 saturated carbocycles. The highest BCUT2D eigenvalue weighted by molar-refractivity contribution is 6.36. The Kier molecular flexibility index (Phi) is 5.76. The highest BCUT2D eigenvalue weighted by Crippen LogP contribution is 2.41. The molecule has 1 aliphatic carbocycles. The number of carbonyl (C=O) groups is 1. The zero-order chi connectivity index (χ0) is 23.8. The number of hydrogen-bond acceptors (Lipinski definition) is 5. The van der Waals surface area contributed by atoms with Gasteiger partial charge >= 0.3 is 0 Å². The molecule has 0 atom stereocenters. The van der Waals surface area contributed by atoms with Crippen molar-refractivity contribution in [1.29, 1.82) is 5.26 Å². The third kappa shape index (κ3) is 4.13. The van der Waals surface area contributed by atoms with Crippen LogP contribution in [-0.4, -0.2) is 33.4 Å². The number of nitrogens with two attached hydrogens (primary N) is 1. The van der Waals surface area contributed by atoms with E-state index in [1.165, 1.54) is 0 Å². The maximum absolute atomic E-state index is 13.7. The average Bonchev–Trinajstić information content (AvgIpc) is 3.30. The second-order valence-electron chi connectivity index (χ2n) is 9.41. The van der Waals surface area contributed by atoms with Crippen LogP contribution in [0.25, 0.3) is 23.0 Å².